The van der Waals surface area contributed by atoms with Crippen LogP contribution < -0.4 is 9.64 Å². The molecule has 0 radical (unpaired) electrons. The molecule has 1 aliphatic rings. The number of carbonyl (C=O) groups excluding carboxylic acids is 1. The average molecular weight is 492 g/mol. The van der Waals surface area contributed by atoms with Gasteiger partial charge in [-0.15, -0.1) is 11.3 Å². The van der Waals surface area contributed by atoms with Gasteiger partial charge in [0.2, 0.25) is 0 Å². The summed E-state index contributed by atoms with van der Waals surface area (Å²) in [6.07, 6.45) is 1.74. The SMILES string of the molecule is COc1ccc(N2C(=O)/C(=C/c3cccs3)N=C2SCc2csc([N+](=O)[O-])c2)cc1Cl. The molecule has 1 amide bonds. The van der Waals surface area contributed by atoms with Crippen molar-refractivity contribution in [2.75, 3.05) is 12.0 Å². The smallest absolute Gasteiger partial charge is 0.324 e. The van der Waals surface area contributed by atoms with E-state index in [1.807, 2.05) is 17.5 Å². The van der Waals surface area contributed by atoms with E-state index < -0.39 is 4.92 Å². The molecule has 0 spiro atoms. The Morgan fingerprint density at radius 3 is 2.81 bits per heavy atom. The molecule has 3 aromatic rings. The number of rotatable bonds is 6. The largest absolute Gasteiger partial charge is 0.495 e. The number of carbonyl (C=O) groups is 1. The Hall–Kier alpha value is -2.66. The first-order valence-electron chi connectivity index (χ1n) is 8.83. The van der Waals surface area contributed by atoms with Gasteiger partial charge in [0.25, 0.3) is 5.91 Å². The molecule has 0 N–H and O–H groups in total. The molecule has 158 valence electrons. The molecule has 2 aromatic heterocycles. The fourth-order valence-electron chi connectivity index (χ4n) is 2.81. The molecule has 0 atom stereocenters. The fraction of sp³-hybridized carbons (Fsp3) is 0.100. The number of ether oxygens (including phenoxy) is 1. The van der Waals surface area contributed by atoms with Crippen LogP contribution in [0.5, 0.6) is 5.75 Å². The van der Waals surface area contributed by atoms with E-state index in [0.29, 0.717) is 33.1 Å². The Morgan fingerprint density at radius 2 is 2.16 bits per heavy atom. The monoisotopic (exact) mass is 491 g/mol. The standard InChI is InChI=1S/C20H14ClN3O4S3/c1-28-17-5-4-13(8-15(17)21)23-19(25)16(9-14-3-2-6-29-14)22-20(23)31-11-12-7-18(24(26)27)30-10-12/h2-10H,11H2,1H3/b16-9-. The van der Waals surface area contributed by atoms with Crippen LogP contribution in [0.3, 0.4) is 0 Å². The summed E-state index contributed by atoms with van der Waals surface area (Å²) >= 11 is 10.2. The van der Waals surface area contributed by atoms with Crippen molar-refractivity contribution in [1.29, 1.82) is 0 Å². The number of benzene rings is 1. The van der Waals surface area contributed by atoms with Crippen molar-refractivity contribution >= 4 is 73.9 Å². The molecular formula is C20H14ClN3O4S3. The van der Waals surface area contributed by atoms with Crippen molar-refractivity contribution in [2.45, 2.75) is 5.75 Å². The van der Waals surface area contributed by atoms with Gasteiger partial charge in [-0.05, 0) is 41.3 Å². The van der Waals surface area contributed by atoms with Crippen molar-refractivity contribution in [3.8, 4) is 5.75 Å². The molecule has 0 aliphatic carbocycles. The van der Waals surface area contributed by atoms with Crippen molar-refractivity contribution in [1.82, 2.24) is 0 Å². The lowest BCUT2D eigenvalue weighted by Gasteiger charge is -2.18. The van der Waals surface area contributed by atoms with Crippen molar-refractivity contribution in [3.63, 3.8) is 0 Å². The summed E-state index contributed by atoms with van der Waals surface area (Å²) in [5.74, 6) is 0.667. The van der Waals surface area contributed by atoms with E-state index in [9.17, 15) is 14.9 Å². The van der Waals surface area contributed by atoms with E-state index in [-0.39, 0.29) is 10.9 Å². The molecule has 11 heteroatoms. The second-order valence-electron chi connectivity index (χ2n) is 6.24. The zero-order valence-electron chi connectivity index (χ0n) is 16.0. The summed E-state index contributed by atoms with van der Waals surface area (Å²) in [6, 6.07) is 10.4. The number of thiophene rings is 2. The van der Waals surface area contributed by atoms with Gasteiger partial charge in [-0.2, -0.15) is 0 Å². The number of hydrogen-bond acceptors (Lipinski definition) is 8. The van der Waals surface area contributed by atoms with Crippen molar-refractivity contribution in [3.05, 3.63) is 78.4 Å². The van der Waals surface area contributed by atoms with Crippen molar-refractivity contribution < 1.29 is 14.5 Å². The number of nitro groups is 1. The van der Waals surface area contributed by atoms with Gasteiger partial charge in [0.05, 0.1) is 22.7 Å². The number of amidine groups is 1. The number of halogens is 1. The summed E-state index contributed by atoms with van der Waals surface area (Å²) < 4.78 is 5.20. The lowest BCUT2D eigenvalue weighted by Crippen LogP contribution is -2.30. The van der Waals surface area contributed by atoms with Crippen molar-refractivity contribution in [2.24, 2.45) is 4.99 Å². The van der Waals surface area contributed by atoms with Gasteiger partial charge in [-0.3, -0.25) is 19.8 Å². The van der Waals surface area contributed by atoms with Crippen LogP contribution >= 0.6 is 46.0 Å². The lowest BCUT2D eigenvalue weighted by molar-refractivity contribution is -0.380. The first kappa shape index (κ1) is 21.6. The molecular weight excluding hydrogens is 478 g/mol. The summed E-state index contributed by atoms with van der Waals surface area (Å²) in [7, 11) is 1.52. The highest BCUT2D eigenvalue weighted by Crippen LogP contribution is 2.36. The summed E-state index contributed by atoms with van der Waals surface area (Å²) in [4.78, 5) is 30.7. The van der Waals surface area contributed by atoms with Gasteiger partial charge >= 0.3 is 5.00 Å². The number of methoxy groups -OCH3 is 1. The highest BCUT2D eigenvalue weighted by Gasteiger charge is 2.32. The number of thioether (sulfide) groups is 1. The predicted molar refractivity (Wildman–Crippen MR) is 127 cm³/mol. The van der Waals surface area contributed by atoms with Crippen LogP contribution in [0.1, 0.15) is 10.4 Å². The minimum Gasteiger partial charge on any atom is -0.495 e. The predicted octanol–water partition coefficient (Wildman–Crippen LogP) is 6.06. The first-order chi connectivity index (χ1) is 15.0. The van der Waals surface area contributed by atoms with Gasteiger partial charge < -0.3 is 4.74 Å². The third kappa shape index (κ3) is 4.67. The van der Waals surface area contributed by atoms with E-state index in [1.54, 1.807) is 29.7 Å². The van der Waals surface area contributed by atoms with E-state index >= 15 is 0 Å². The summed E-state index contributed by atoms with van der Waals surface area (Å²) in [5, 5.41) is 15.5. The third-order valence-corrected chi connectivity index (χ3v) is 7.29. The zero-order chi connectivity index (χ0) is 22.0. The Kier molecular flexibility index (Phi) is 6.42. The summed E-state index contributed by atoms with van der Waals surface area (Å²) in [6.45, 7) is 0. The van der Waals surface area contributed by atoms with Gasteiger partial charge in [0, 0.05) is 22.1 Å². The highest BCUT2D eigenvalue weighted by atomic mass is 35.5. The third-order valence-electron chi connectivity index (χ3n) is 4.23. The van der Waals surface area contributed by atoms with Gasteiger partial charge in [-0.1, -0.05) is 40.8 Å². The second-order valence-corrected chi connectivity index (χ2v) is 9.46. The molecule has 0 unspecified atom stereocenters. The topological polar surface area (TPSA) is 85.0 Å². The Bertz CT molecular complexity index is 1200. The Morgan fingerprint density at radius 1 is 1.32 bits per heavy atom. The molecule has 0 bridgehead atoms. The molecule has 0 saturated carbocycles. The quantitative estimate of drug-likeness (QED) is 0.238. The molecule has 7 nitrogen and oxygen atoms in total. The maximum absolute atomic E-state index is 13.2. The minimum absolute atomic E-state index is 0.0807. The van der Waals surface area contributed by atoms with Gasteiger partial charge in [-0.25, -0.2) is 4.99 Å². The number of hydrogen-bond donors (Lipinski definition) is 0. The first-order valence-corrected chi connectivity index (χ1v) is 11.9. The molecule has 4 rings (SSSR count). The Balaban J connectivity index is 1.65. The maximum Gasteiger partial charge on any atom is 0.324 e. The minimum atomic E-state index is -0.414. The van der Waals surface area contributed by atoms with Crippen LogP contribution in [-0.4, -0.2) is 23.1 Å². The summed E-state index contributed by atoms with van der Waals surface area (Å²) in [5.41, 5.74) is 1.67. The fourth-order valence-corrected chi connectivity index (χ4v) is 5.49. The van der Waals surface area contributed by atoms with Crippen LogP contribution in [0.4, 0.5) is 10.7 Å². The van der Waals surface area contributed by atoms with E-state index in [1.165, 1.54) is 41.2 Å². The van der Waals surface area contributed by atoms with Crippen LogP contribution in [0.2, 0.25) is 5.02 Å². The van der Waals surface area contributed by atoms with Gasteiger partial charge in [0.1, 0.15) is 11.4 Å². The van der Waals surface area contributed by atoms with Crippen LogP contribution in [0, 0.1) is 10.1 Å². The molecule has 31 heavy (non-hydrogen) atoms. The van der Waals surface area contributed by atoms with Gasteiger partial charge in [0.15, 0.2) is 5.17 Å². The molecule has 1 aliphatic heterocycles. The number of aliphatic imine (C=N–C) groups is 1. The molecule has 0 saturated heterocycles. The average Bonchev–Trinajstić information content (AvgIpc) is 3.48. The number of nitrogens with zero attached hydrogens (tertiary/aromatic N) is 3. The Labute approximate surface area is 194 Å². The van der Waals surface area contributed by atoms with Crippen LogP contribution in [-0.2, 0) is 10.5 Å². The van der Waals surface area contributed by atoms with E-state index in [0.717, 1.165) is 21.8 Å². The molecule has 1 aromatic carbocycles. The molecule has 3 heterocycles. The van der Waals surface area contributed by atoms with Crippen LogP contribution in [0.25, 0.3) is 6.08 Å². The maximum atomic E-state index is 13.2. The molecule has 0 fully saturated rings. The normalized spacial score (nSPS) is 14.9. The highest BCUT2D eigenvalue weighted by molar-refractivity contribution is 8.13. The van der Waals surface area contributed by atoms with E-state index in [2.05, 4.69) is 4.99 Å². The number of amides is 1. The lowest BCUT2D eigenvalue weighted by atomic mass is 10.2. The van der Waals surface area contributed by atoms with E-state index in [4.69, 9.17) is 16.3 Å². The van der Waals surface area contributed by atoms with Crippen LogP contribution in [0.15, 0.2) is 57.8 Å². The second kappa shape index (κ2) is 9.23. The number of anilines is 1. The zero-order valence-corrected chi connectivity index (χ0v) is 19.2.